The maximum Gasteiger partial charge on any atom is 0.224 e. The highest BCUT2D eigenvalue weighted by Gasteiger charge is 2.32. The van der Waals surface area contributed by atoms with Crippen LogP contribution in [-0.4, -0.2) is 43.0 Å². The Labute approximate surface area is 129 Å². The first-order valence-corrected chi connectivity index (χ1v) is 8.83. The van der Waals surface area contributed by atoms with Gasteiger partial charge in [0, 0.05) is 25.7 Å². The Morgan fingerprint density at radius 3 is 2.57 bits per heavy atom. The molecule has 2 fully saturated rings. The molecule has 1 saturated carbocycles. The smallest absolute Gasteiger partial charge is 0.224 e. The number of nitrogens with zero attached hydrogens (tertiary/aromatic N) is 1. The van der Waals surface area contributed by atoms with Crippen LogP contribution in [0, 0.1) is 17.8 Å². The summed E-state index contributed by atoms with van der Waals surface area (Å²) in [7, 11) is 0. The number of nitrogens with one attached hydrogen (secondary N) is 1. The van der Waals surface area contributed by atoms with Crippen molar-refractivity contribution in [3.63, 3.8) is 0 Å². The molecule has 0 radical (unpaired) electrons. The number of nitrogens with two attached hydrogens (primary N) is 1. The van der Waals surface area contributed by atoms with Gasteiger partial charge >= 0.3 is 0 Å². The fourth-order valence-electron chi connectivity index (χ4n) is 4.03. The second-order valence-corrected chi connectivity index (χ2v) is 7.23. The summed E-state index contributed by atoms with van der Waals surface area (Å²) in [5.74, 6) is 2.12. The summed E-state index contributed by atoms with van der Waals surface area (Å²) >= 11 is 0. The monoisotopic (exact) mass is 295 g/mol. The van der Waals surface area contributed by atoms with Crippen molar-refractivity contribution in [2.24, 2.45) is 23.5 Å². The summed E-state index contributed by atoms with van der Waals surface area (Å²) in [6, 6.07) is 0.713. The van der Waals surface area contributed by atoms with Gasteiger partial charge in [0.05, 0.1) is 5.92 Å². The number of amides is 1. The molecule has 1 amide bonds. The third-order valence-corrected chi connectivity index (χ3v) is 5.47. The number of rotatable bonds is 5. The molecule has 122 valence electrons. The minimum Gasteiger partial charge on any atom is -0.355 e. The fraction of sp³-hybridized carbons (Fsp3) is 0.941. The highest BCUT2D eigenvalue weighted by Crippen LogP contribution is 2.33. The molecule has 0 spiro atoms. The SMILES string of the molecule is CC(C)C1CCC(N2CCCC(C(=O)NCCN)C2)CC1. The van der Waals surface area contributed by atoms with Gasteiger partial charge in [-0.1, -0.05) is 13.8 Å². The topological polar surface area (TPSA) is 58.4 Å². The van der Waals surface area contributed by atoms with Crippen LogP contribution in [0.25, 0.3) is 0 Å². The van der Waals surface area contributed by atoms with Crippen molar-refractivity contribution in [3.8, 4) is 0 Å². The summed E-state index contributed by atoms with van der Waals surface area (Å²) < 4.78 is 0. The molecule has 4 heteroatoms. The van der Waals surface area contributed by atoms with E-state index in [2.05, 4.69) is 24.1 Å². The van der Waals surface area contributed by atoms with Gasteiger partial charge in [-0.25, -0.2) is 0 Å². The number of piperidine rings is 1. The zero-order valence-electron chi connectivity index (χ0n) is 13.8. The zero-order chi connectivity index (χ0) is 15.2. The predicted octanol–water partition coefficient (Wildman–Crippen LogP) is 1.99. The van der Waals surface area contributed by atoms with E-state index in [1.165, 1.54) is 32.2 Å². The molecule has 1 aliphatic carbocycles. The number of carbonyl (C=O) groups is 1. The van der Waals surface area contributed by atoms with Gasteiger partial charge in [-0.2, -0.15) is 0 Å². The maximum atomic E-state index is 12.1. The molecule has 21 heavy (non-hydrogen) atoms. The second-order valence-electron chi connectivity index (χ2n) is 7.23. The van der Waals surface area contributed by atoms with E-state index in [1.807, 2.05) is 0 Å². The van der Waals surface area contributed by atoms with Crippen molar-refractivity contribution in [2.75, 3.05) is 26.2 Å². The number of likely N-dealkylation sites (tertiary alicyclic amines) is 1. The Morgan fingerprint density at radius 2 is 1.95 bits per heavy atom. The molecule has 1 heterocycles. The van der Waals surface area contributed by atoms with Crippen LogP contribution in [0.15, 0.2) is 0 Å². The summed E-state index contributed by atoms with van der Waals surface area (Å²) in [6.07, 6.45) is 7.56. The molecular weight excluding hydrogens is 262 g/mol. The van der Waals surface area contributed by atoms with Gasteiger partial charge in [-0.15, -0.1) is 0 Å². The van der Waals surface area contributed by atoms with Gasteiger partial charge < -0.3 is 11.1 Å². The average Bonchev–Trinajstić information content (AvgIpc) is 2.52. The molecule has 1 unspecified atom stereocenters. The normalized spacial score (nSPS) is 31.3. The summed E-state index contributed by atoms with van der Waals surface area (Å²) in [5, 5.41) is 2.96. The molecule has 0 bridgehead atoms. The Hall–Kier alpha value is -0.610. The van der Waals surface area contributed by atoms with Crippen molar-refractivity contribution in [1.29, 1.82) is 0 Å². The van der Waals surface area contributed by atoms with Gasteiger partial charge in [0.15, 0.2) is 0 Å². The highest BCUT2D eigenvalue weighted by atomic mass is 16.1. The zero-order valence-corrected chi connectivity index (χ0v) is 13.8. The van der Waals surface area contributed by atoms with Gasteiger partial charge in [0.1, 0.15) is 0 Å². The van der Waals surface area contributed by atoms with E-state index >= 15 is 0 Å². The first kappa shape index (κ1) is 16.8. The highest BCUT2D eigenvalue weighted by molar-refractivity contribution is 5.78. The van der Waals surface area contributed by atoms with Crippen LogP contribution in [0.5, 0.6) is 0 Å². The fourth-order valence-corrected chi connectivity index (χ4v) is 4.03. The van der Waals surface area contributed by atoms with Gasteiger partial charge in [0.2, 0.25) is 5.91 Å². The van der Waals surface area contributed by atoms with Crippen LogP contribution in [0.1, 0.15) is 52.4 Å². The molecule has 4 nitrogen and oxygen atoms in total. The van der Waals surface area contributed by atoms with E-state index in [1.54, 1.807) is 0 Å². The van der Waals surface area contributed by atoms with Gasteiger partial charge in [-0.3, -0.25) is 9.69 Å². The lowest BCUT2D eigenvalue weighted by Gasteiger charge is -2.41. The van der Waals surface area contributed by atoms with E-state index in [-0.39, 0.29) is 11.8 Å². The Balaban J connectivity index is 1.80. The Bertz CT molecular complexity index is 324. The number of carbonyl (C=O) groups excluding carboxylic acids is 1. The van der Waals surface area contributed by atoms with E-state index < -0.39 is 0 Å². The van der Waals surface area contributed by atoms with Gasteiger partial charge in [0.25, 0.3) is 0 Å². The molecule has 3 N–H and O–H groups in total. The molecule has 0 aromatic rings. The Kier molecular flexibility index (Phi) is 6.49. The second kappa shape index (κ2) is 8.14. The predicted molar refractivity (Wildman–Crippen MR) is 86.9 cm³/mol. The molecule has 1 atom stereocenters. The van der Waals surface area contributed by atoms with Crippen molar-refractivity contribution < 1.29 is 4.79 Å². The molecular formula is C17H33N3O. The third-order valence-electron chi connectivity index (χ3n) is 5.47. The maximum absolute atomic E-state index is 12.1. The van der Waals surface area contributed by atoms with Crippen LogP contribution >= 0.6 is 0 Å². The summed E-state index contributed by atoms with van der Waals surface area (Å²) in [4.78, 5) is 14.7. The van der Waals surface area contributed by atoms with Crippen LogP contribution < -0.4 is 11.1 Å². The summed E-state index contributed by atoms with van der Waals surface area (Å²) in [5.41, 5.74) is 5.46. The minimum atomic E-state index is 0.174. The van der Waals surface area contributed by atoms with Crippen LogP contribution in [0.2, 0.25) is 0 Å². The quantitative estimate of drug-likeness (QED) is 0.815. The van der Waals surface area contributed by atoms with Crippen molar-refractivity contribution in [3.05, 3.63) is 0 Å². The van der Waals surface area contributed by atoms with Gasteiger partial charge in [-0.05, 0) is 56.9 Å². The molecule has 1 saturated heterocycles. The molecule has 0 aromatic heterocycles. The molecule has 1 aliphatic heterocycles. The summed E-state index contributed by atoms with van der Waals surface area (Å²) in [6.45, 7) is 7.97. The standard InChI is InChI=1S/C17H33N3O/c1-13(2)14-5-7-16(8-6-14)20-11-3-4-15(12-20)17(21)19-10-9-18/h13-16H,3-12,18H2,1-2H3,(H,19,21). The number of hydrogen-bond acceptors (Lipinski definition) is 3. The minimum absolute atomic E-state index is 0.174. The largest absolute Gasteiger partial charge is 0.355 e. The third kappa shape index (κ3) is 4.68. The lowest BCUT2D eigenvalue weighted by molar-refractivity contribution is -0.127. The first-order valence-electron chi connectivity index (χ1n) is 8.83. The van der Waals surface area contributed by atoms with E-state index in [4.69, 9.17) is 5.73 Å². The van der Waals surface area contributed by atoms with Crippen LogP contribution in [-0.2, 0) is 4.79 Å². The van der Waals surface area contributed by atoms with Crippen LogP contribution in [0.4, 0.5) is 0 Å². The van der Waals surface area contributed by atoms with Crippen molar-refractivity contribution in [2.45, 2.75) is 58.4 Å². The number of hydrogen-bond donors (Lipinski definition) is 2. The van der Waals surface area contributed by atoms with E-state index in [0.29, 0.717) is 19.1 Å². The molecule has 0 aromatic carbocycles. The van der Waals surface area contributed by atoms with Crippen molar-refractivity contribution in [1.82, 2.24) is 10.2 Å². The first-order chi connectivity index (χ1) is 10.1. The van der Waals surface area contributed by atoms with E-state index in [0.717, 1.165) is 31.2 Å². The van der Waals surface area contributed by atoms with E-state index in [9.17, 15) is 4.79 Å². The Morgan fingerprint density at radius 1 is 1.24 bits per heavy atom. The average molecular weight is 295 g/mol. The molecule has 2 aliphatic rings. The molecule has 2 rings (SSSR count). The lowest BCUT2D eigenvalue weighted by atomic mass is 9.78. The van der Waals surface area contributed by atoms with Crippen LogP contribution in [0.3, 0.4) is 0 Å². The lowest BCUT2D eigenvalue weighted by Crippen LogP contribution is -2.48. The van der Waals surface area contributed by atoms with Crippen molar-refractivity contribution >= 4 is 5.91 Å².